The maximum Gasteiger partial charge on any atom is 0.0594 e. The maximum absolute atomic E-state index is 5.35. The Morgan fingerprint density at radius 2 is 1.80 bits per heavy atom. The molecule has 0 aromatic heterocycles. The highest BCUT2D eigenvalue weighted by Gasteiger charge is 2.17. The lowest BCUT2D eigenvalue weighted by Crippen LogP contribution is -2.43. The fourth-order valence-electron chi connectivity index (χ4n) is 2.60. The fourth-order valence-corrected chi connectivity index (χ4v) is 2.60. The van der Waals surface area contributed by atoms with Crippen LogP contribution in [0.25, 0.3) is 0 Å². The zero-order chi connectivity index (χ0) is 10.5. The van der Waals surface area contributed by atoms with Crippen molar-refractivity contribution in [2.75, 3.05) is 52.5 Å². The Morgan fingerprint density at radius 1 is 1.07 bits per heavy atom. The van der Waals surface area contributed by atoms with E-state index in [1.54, 1.807) is 0 Å². The molecule has 3 heteroatoms. The third-order valence-corrected chi connectivity index (χ3v) is 3.58. The lowest BCUT2D eigenvalue weighted by atomic mass is 10.0. The summed E-state index contributed by atoms with van der Waals surface area (Å²) in [5, 5.41) is 0. The number of ether oxygens (including phenoxy) is 1. The van der Waals surface area contributed by atoms with Gasteiger partial charge in [0.1, 0.15) is 0 Å². The maximum atomic E-state index is 5.35. The molecule has 1 atom stereocenters. The van der Waals surface area contributed by atoms with Crippen LogP contribution in [0.1, 0.15) is 19.8 Å². The highest BCUT2D eigenvalue weighted by molar-refractivity contribution is 4.72. The van der Waals surface area contributed by atoms with Crippen LogP contribution in [0, 0.1) is 5.92 Å². The molecule has 0 amide bonds. The zero-order valence-corrected chi connectivity index (χ0v) is 9.95. The van der Waals surface area contributed by atoms with Gasteiger partial charge in [-0.3, -0.25) is 4.90 Å². The highest BCUT2D eigenvalue weighted by Crippen LogP contribution is 2.14. The molecule has 2 saturated heterocycles. The first-order valence-electron chi connectivity index (χ1n) is 6.37. The quantitative estimate of drug-likeness (QED) is 0.695. The molecule has 2 aliphatic rings. The summed E-state index contributed by atoms with van der Waals surface area (Å²) in [7, 11) is 0. The van der Waals surface area contributed by atoms with E-state index in [2.05, 4.69) is 16.7 Å². The first kappa shape index (κ1) is 11.4. The number of morpholine rings is 1. The van der Waals surface area contributed by atoms with Crippen molar-refractivity contribution in [1.29, 1.82) is 0 Å². The second-order valence-electron chi connectivity index (χ2n) is 5.00. The lowest BCUT2D eigenvalue weighted by Gasteiger charge is -2.33. The molecule has 0 aliphatic carbocycles. The van der Waals surface area contributed by atoms with Crippen LogP contribution in [-0.2, 0) is 4.74 Å². The van der Waals surface area contributed by atoms with Gasteiger partial charge in [0.15, 0.2) is 0 Å². The van der Waals surface area contributed by atoms with Crippen LogP contribution in [0.4, 0.5) is 0 Å². The molecule has 2 aliphatic heterocycles. The molecule has 0 spiro atoms. The summed E-state index contributed by atoms with van der Waals surface area (Å²) in [5.74, 6) is 0.906. The number of hydrogen-bond donors (Lipinski definition) is 0. The molecule has 2 rings (SSSR count). The van der Waals surface area contributed by atoms with E-state index in [9.17, 15) is 0 Å². The lowest BCUT2D eigenvalue weighted by molar-refractivity contribution is 0.0311. The molecular weight excluding hydrogens is 188 g/mol. The molecule has 88 valence electrons. The first-order chi connectivity index (χ1) is 7.34. The Hall–Kier alpha value is -0.120. The van der Waals surface area contributed by atoms with E-state index in [0.717, 1.165) is 32.2 Å². The Labute approximate surface area is 93.4 Å². The average Bonchev–Trinajstić information content (AvgIpc) is 2.28. The standard InChI is InChI=1S/C12H24N2O/c1-12-3-2-4-14(11-12)6-5-13-7-9-15-10-8-13/h12H,2-11H2,1H3. The summed E-state index contributed by atoms with van der Waals surface area (Å²) in [6.07, 6.45) is 2.82. The van der Waals surface area contributed by atoms with Crippen LogP contribution in [0.2, 0.25) is 0 Å². The average molecular weight is 212 g/mol. The van der Waals surface area contributed by atoms with Gasteiger partial charge >= 0.3 is 0 Å². The van der Waals surface area contributed by atoms with E-state index >= 15 is 0 Å². The van der Waals surface area contributed by atoms with Gasteiger partial charge in [-0.05, 0) is 25.3 Å². The van der Waals surface area contributed by atoms with Gasteiger partial charge in [0.05, 0.1) is 13.2 Å². The fraction of sp³-hybridized carbons (Fsp3) is 1.00. The number of hydrogen-bond acceptors (Lipinski definition) is 3. The van der Waals surface area contributed by atoms with Gasteiger partial charge < -0.3 is 9.64 Å². The minimum absolute atomic E-state index is 0.906. The molecule has 0 aromatic rings. The summed E-state index contributed by atoms with van der Waals surface area (Å²) in [6.45, 7) is 11.6. The van der Waals surface area contributed by atoms with Crippen LogP contribution in [0.3, 0.4) is 0 Å². The van der Waals surface area contributed by atoms with E-state index in [1.165, 1.54) is 39.0 Å². The first-order valence-corrected chi connectivity index (χ1v) is 6.37. The molecule has 2 heterocycles. The van der Waals surface area contributed by atoms with Crippen molar-refractivity contribution in [2.24, 2.45) is 5.92 Å². The van der Waals surface area contributed by atoms with Gasteiger partial charge in [0.2, 0.25) is 0 Å². The Balaban J connectivity index is 1.63. The van der Waals surface area contributed by atoms with Crippen LogP contribution in [0.15, 0.2) is 0 Å². The molecular formula is C12H24N2O. The molecule has 3 nitrogen and oxygen atoms in total. The van der Waals surface area contributed by atoms with E-state index < -0.39 is 0 Å². The van der Waals surface area contributed by atoms with Gasteiger partial charge in [-0.2, -0.15) is 0 Å². The van der Waals surface area contributed by atoms with Gasteiger partial charge in [0.25, 0.3) is 0 Å². The predicted molar refractivity (Wildman–Crippen MR) is 62.1 cm³/mol. The van der Waals surface area contributed by atoms with Crippen molar-refractivity contribution in [3.63, 3.8) is 0 Å². The van der Waals surface area contributed by atoms with E-state index in [0.29, 0.717) is 0 Å². The second kappa shape index (κ2) is 5.83. The smallest absolute Gasteiger partial charge is 0.0594 e. The zero-order valence-electron chi connectivity index (χ0n) is 9.95. The van der Waals surface area contributed by atoms with Crippen molar-refractivity contribution < 1.29 is 4.74 Å². The topological polar surface area (TPSA) is 15.7 Å². The number of piperidine rings is 1. The molecule has 0 bridgehead atoms. The summed E-state index contributed by atoms with van der Waals surface area (Å²) < 4.78 is 5.35. The number of rotatable bonds is 3. The van der Waals surface area contributed by atoms with Crippen molar-refractivity contribution in [2.45, 2.75) is 19.8 Å². The monoisotopic (exact) mass is 212 g/mol. The minimum atomic E-state index is 0.906. The number of likely N-dealkylation sites (tertiary alicyclic amines) is 1. The van der Waals surface area contributed by atoms with Crippen molar-refractivity contribution >= 4 is 0 Å². The van der Waals surface area contributed by atoms with Crippen LogP contribution in [-0.4, -0.2) is 62.3 Å². The molecule has 2 fully saturated rings. The van der Waals surface area contributed by atoms with Crippen LogP contribution in [0.5, 0.6) is 0 Å². The molecule has 15 heavy (non-hydrogen) atoms. The Morgan fingerprint density at radius 3 is 2.53 bits per heavy atom. The Bertz CT molecular complexity index is 180. The van der Waals surface area contributed by atoms with Crippen molar-refractivity contribution in [1.82, 2.24) is 9.80 Å². The summed E-state index contributed by atoms with van der Waals surface area (Å²) in [5.41, 5.74) is 0. The van der Waals surface area contributed by atoms with Gasteiger partial charge in [-0.25, -0.2) is 0 Å². The summed E-state index contributed by atoms with van der Waals surface area (Å²) >= 11 is 0. The van der Waals surface area contributed by atoms with E-state index in [-0.39, 0.29) is 0 Å². The van der Waals surface area contributed by atoms with Crippen LogP contribution < -0.4 is 0 Å². The highest BCUT2D eigenvalue weighted by atomic mass is 16.5. The van der Waals surface area contributed by atoms with Crippen LogP contribution >= 0.6 is 0 Å². The normalized spacial score (nSPS) is 30.6. The summed E-state index contributed by atoms with van der Waals surface area (Å²) in [6, 6.07) is 0. The van der Waals surface area contributed by atoms with E-state index in [1.807, 2.05) is 0 Å². The van der Waals surface area contributed by atoms with E-state index in [4.69, 9.17) is 4.74 Å². The Kier molecular flexibility index (Phi) is 4.42. The number of nitrogens with zero attached hydrogens (tertiary/aromatic N) is 2. The third kappa shape index (κ3) is 3.74. The van der Waals surface area contributed by atoms with Gasteiger partial charge in [-0.15, -0.1) is 0 Å². The molecule has 0 radical (unpaired) electrons. The molecule has 0 N–H and O–H groups in total. The molecule has 1 unspecified atom stereocenters. The second-order valence-corrected chi connectivity index (χ2v) is 5.00. The summed E-state index contributed by atoms with van der Waals surface area (Å²) in [4.78, 5) is 5.16. The SMILES string of the molecule is CC1CCCN(CCN2CCOCC2)C1. The van der Waals surface area contributed by atoms with Crippen molar-refractivity contribution in [3.8, 4) is 0 Å². The largest absolute Gasteiger partial charge is 0.379 e. The molecule has 0 saturated carbocycles. The van der Waals surface area contributed by atoms with Gasteiger partial charge in [-0.1, -0.05) is 6.92 Å². The third-order valence-electron chi connectivity index (χ3n) is 3.58. The molecule has 0 aromatic carbocycles. The van der Waals surface area contributed by atoms with Gasteiger partial charge in [0, 0.05) is 32.7 Å². The predicted octanol–water partition coefficient (Wildman–Crippen LogP) is 1.05. The van der Waals surface area contributed by atoms with Crippen molar-refractivity contribution in [3.05, 3.63) is 0 Å². The minimum Gasteiger partial charge on any atom is -0.379 e.